The summed E-state index contributed by atoms with van der Waals surface area (Å²) in [7, 11) is 0. The molecular weight excluding hydrogens is 254 g/mol. The van der Waals surface area contributed by atoms with Crippen LogP contribution in [0.2, 0.25) is 0 Å². The first-order valence-electron chi connectivity index (χ1n) is 6.35. The molecule has 0 amide bonds. The molecule has 0 atom stereocenters. The third kappa shape index (κ3) is 1.48. The summed E-state index contributed by atoms with van der Waals surface area (Å²) < 4.78 is 0. The van der Waals surface area contributed by atoms with Crippen molar-refractivity contribution in [1.29, 1.82) is 5.26 Å². The highest BCUT2D eigenvalue weighted by Crippen LogP contribution is 2.29. The van der Waals surface area contributed by atoms with E-state index in [4.69, 9.17) is 0 Å². The Kier molecular flexibility index (Phi) is 2.23. The smallest absolute Gasteiger partial charge is 0.144 e. The maximum absolute atomic E-state index is 9.21. The Hall–Kier alpha value is -2.88. The number of anilines is 1. The molecule has 0 saturated heterocycles. The van der Waals surface area contributed by atoms with Crippen LogP contribution in [0.3, 0.4) is 0 Å². The molecule has 3 aromatic heterocycles. The number of nitrogens with one attached hydrogen (secondary N) is 2. The van der Waals surface area contributed by atoms with Gasteiger partial charge in [0.15, 0.2) is 0 Å². The van der Waals surface area contributed by atoms with Crippen LogP contribution in [0.25, 0.3) is 11.0 Å². The van der Waals surface area contributed by atoms with Crippen molar-refractivity contribution in [2.24, 2.45) is 0 Å². The SMILES string of the molecule is N#Cc1c[nH]c2ncnc(N3CCc4cn[nH]c4C3)c12. The largest absolute Gasteiger partial charge is 0.350 e. The van der Waals surface area contributed by atoms with E-state index in [-0.39, 0.29) is 0 Å². The topological polar surface area (TPSA) is 97.3 Å². The Morgan fingerprint density at radius 2 is 2.30 bits per heavy atom. The number of nitriles is 1. The molecule has 7 nitrogen and oxygen atoms in total. The number of nitrogens with zero attached hydrogens (tertiary/aromatic N) is 5. The van der Waals surface area contributed by atoms with Crippen molar-refractivity contribution in [2.75, 3.05) is 11.4 Å². The van der Waals surface area contributed by atoms with E-state index in [9.17, 15) is 5.26 Å². The number of fused-ring (bicyclic) bond motifs is 2. The van der Waals surface area contributed by atoms with Gasteiger partial charge in [0.05, 0.1) is 29.4 Å². The van der Waals surface area contributed by atoms with Gasteiger partial charge < -0.3 is 9.88 Å². The molecule has 1 aliphatic rings. The molecule has 0 aliphatic carbocycles. The molecule has 3 aromatic rings. The zero-order chi connectivity index (χ0) is 13.5. The van der Waals surface area contributed by atoms with Gasteiger partial charge in [-0.2, -0.15) is 10.4 Å². The molecule has 1 aliphatic heterocycles. The Labute approximate surface area is 114 Å². The summed E-state index contributed by atoms with van der Waals surface area (Å²) in [4.78, 5) is 13.7. The molecule has 0 saturated carbocycles. The number of aromatic nitrogens is 5. The van der Waals surface area contributed by atoms with Gasteiger partial charge in [-0.1, -0.05) is 0 Å². The lowest BCUT2D eigenvalue weighted by molar-refractivity contribution is 0.709. The minimum Gasteiger partial charge on any atom is -0.350 e. The zero-order valence-corrected chi connectivity index (χ0v) is 10.6. The van der Waals surface area contributed by atoms with Crippen molar-refractivity contribution in [1.82, 2.24) is 25.1 Å². The fraction of sp³-hybridized carbons (Fsp3) is 0.231. The molecule has 20 heavy (non-hydrogen) atoms. The van der Waals surface area contributed by atoms with Crippen LogP contribution < -0.4 is 4.90 Å². The van der Waals surface area contributed by atoms with Crippen LogP contribution in [0, 0.1) is 11.3 Å². The van der Waals surface area contributed by atoms with E-state index in [1.165, 1.54) is 11.9 Å². The average Bonchev–Trinajstić information content (AvgIpc) is 3.12. The zero-order valence-electron chi connectivity index (χ0n) is 10.6. The van der Waals surface area contributed by atoms with Crippen LogP contribution in [0.5, 0.6) is 0 Å². The van der Waals surface area contributed by atoms with Gasteiger partial charge in [-0.05, 0) is 12.0 Å². The highest BCUT2D eigenvalue weighted by Gasteiger charge is 2.22. The van der Waals surface area contributed by atoms with Crippen molar-refractivity contribution in [3.05, 3.63) is 35.5 Å². The van der Waals surface area contributed by atoms with Crippen molar-refractivity contribution in [3.8, 4) is 6.07 Å². The molecule has 0 fully saturated rings. The van der Waals surface area contributed by atoms with E-state index in [0.717, 1.165) is 36.4 Å². The van der Waals surface area contributed by atoms with Crippen LogP contribution >= 0.6 is 0 Å². The fourth-order valence-corrected chi connectivity index (χ4v) is 2.67. The summed E-state index contributed by atoms with van der Waals surface area (Å²) in [6, 6.07) is 2.19. The van der Waals surface area contributed by atoms with Crippen molar-refractivity contribution in [3.63, 3.8) is 0 Å². The first-order chi connectivity index (χ1) is 9.86. The van der Waals surface area contributed by atoms with Gasteiger partial charge in [0.2, 0.25) is 0 Å². The molecular formula is C13H11N7. The van der Waals surface area contributed by atoms with E-state index in [2.05, 4.69) is 36.1 Å². The molecule has 0 aromatic carbocycles. The van der Waals surface area contributed by atoms with E-state index in [1.807, 2.05) is 6.20 Å². The second-order valence-electron chi connectivity index (χ2n) is 4.78. The van der Waals surface area contributed by atoms with Gasteiger partial charge in [-0.25, -0.2) is 9.97 Å². The van der Waals surface area contributed by atoms with Crippen molar-refractivity contribution in [2.45, 2.75) is 13.0 Å². The maximum atomic E-state index is 9.21. The Morgan fingerprint density at radius 1 is 1.35 bits per heavy atom. The van der Waals surface area contributed by atoms with Gasteiger partial charge in [-0.3, -0.25) is 5.10 Å². The van der Waals surface area contributed by atoms with E-state index in [1.54, 1.807) is 6.20 Å². The molecule has 0 unspecified atom stereocenters. The van der Waals surface area contributed by atoms with Crippen molar-refractivity contribution >= 4 is 16.9 Å². The highest BCUT2D eigenvalue weighted by molar-refractivity contribution is 5.92. The molecule has 0 radical (unpaired) electrons. The number of rotatable bonds is 1. The Morgan fingerprint density at radius 3 is 3.20 bits per heavy atom. The molecule has 7 heteroatoms. The number of hydrogen-bond acceptors (Lipinski definition) is 5. The standard InChI is InChI=1S/C13H11N7/c14-3-9-4-15-12-11(9)13(17-7-16-12)20-2-1-8-5-18-19-10(8)6-20/h4-5,7H,1-2,6H2,(H,18,19)(H,15,16,17). The Bertz CT molecular complexity index is 823. The molecule has 4 heterocycles. The average molecular weight is 265 g/mol. The lowest BCUT2D eigenvalue weighted by Crippen LogP contribution is -2.31. The third-order valence-corrected chi connectivity index (χ3v) is 3.68. The minimum atomic E-state index is 0.575. The molecule has 98 valence electrons. The van der Waals surface area contributed by atoms with E-state index < -0.39 is 0 Å². The van der Waals surface area contributed by atoms with Gasteiger partial charge in [0.1, 0.15) is 23.9 Å². The van der Waals surface area contributed by atoms with Crippen LogP contribution in [0.4, 0.5) is 5.82 Å². The monoisotopic (exact) mass is 265 g/mol. The summed E-state index contributed by atoms with van der Waals surface area (Å²) in [5, 5.41) is 17.1. The normalized spacial score (nSPS) is 14.2. The van der Waals surface area contributed by atoms with Crippen LogP contribution in [-0.2, 0) is 13.0 Å². The number of hydrogen-bond donors (Lipinski definition) is 2. The first kappa shape index (κ1) is 11.0. The fourth-order valence-electron chi connectivity index (χ4n) is 2.67. The molecule has 0 spiro atoms. The summed E-state index contributed by atoms with van der Waals surface area (Å²) in [5.41, 5.74) is 3.63. The predicted molar refractivity (Wildman–Crippen MR) is 71.9 cm³/mol. The van der Waals surface area contributed by atoms with Crippen LogP contribution in [-0.4, -0.2) is 31.7 Å². The lowest BCUT2D eigenvalue weighted by Gasteiger charge is -2.27. The quantitative estimate of drug-likeness (QED) is 0.687. The molecule has 2 N–H and O–H groups in total. The first-order valence-corrected chi connectivity index (χ1v) is 6.35. The highest BCUT2D eigenvalue weighted by atomic mass is 15.2. The van der Waals surface area contributed by atoms with E-state index >= 15 is 0 Å². The molecule has 0 bridgehead atoms. The van der Waals surface area contributed by atoms with E-state index in [0.29, 0.717) is 11.2 Å². The third-order valence-electron chi connectivity index (χ3n) is 3.68. The predicted octanol–water partition coefficient (Wildman–Crippen LogP) is 1.12. The molecule has 4 rings (SSSR count). The van der Waals surface area contributed by atoms with Crippen LogP contribution in [0.15, 0.2) is 18.7 Å². The maximum Gasteiger partial charge on any atom is 0.144 e. The Balaban J connectivity index is 1.84. The number of aromatic amines is 2. The summed E-state index contributed by atoms with van der Waals surface area (Å²) in [6.45, 7) is 1.58. The summed E-state index contributed by atoms with van der Waals surface area (Å²) in [5.74, 6) is 0.799. The lowest BCUT2D eigenvalue weighted by atomic mass is 10.1. The summed E-state index contributed by atoms with van der Waals surface area (Å²) >= 11 is 0. The van der Waals surface area contributed by atoms with Gasteiger partial charge in [-0.15, -0.1) is 0 Å². The van der Waals surface area contributed by atoms with Gasteiger partial charge >= 0.3 is 0 Å². The van der Waals surface area contributed by atoms with Crippen molar-refractivity contribution < 1.29 is 0 Å². The van der Waals surface area contributed by atoms with Crippen LogP contribution in [0.1, 0.15) is 16.8 Å². The second-order valence-corrected chi connectivity index (χ2v) is 4.78. The second kappa shape index (κ2) is 4.06. The van der Waals surface area contributed by atoms with Gasteiger partial charge in [0.25, 0.3) is 0 Å². The van der Waals surface area contributed by atoms with Gasteiger partial charge in [0, 0.05) is 12.7 Å². The number of H-pyrrole nitrogens is 2. The minimum absolute atomic E-state index is 0.575. The summed E-state index contributed by atoms with van der Waals surface area (Å²) in [6.07, 6.45) is 6.00.